The van der Waals surface area contributed by atoms with Crippen molar-refractivity contribution in [2.45, 2.75) is 78.1 Å². The number of carbonyl (C=O) groups is 1. The molecular weight excluding hydrogens is 288 g/mol. The van der Waals surface area contributed by atoms with Crippen LogP contribution in [-0.4, -0.2) is 12.6 Å². The molecule has 0 radical (unpaired) electrons. The highest BCUT2D eigenvalue weighted by Crippen LogP contribution is 2.38. The van der Waals surface area contributed by atoms with Crippen LogP contribution in [0.15, 0.2) is 18.2 Å². The molecule has 0 aromatic heterocycles. The molecule has 0 saturated carbocycles. The second kappa shape index (κ2) is 7.85. The van der Waals surface area contributed by atoms with Gasteiger partial charge in [0.2, 0.25) is 0 Å². The van der Waals surface area contributed by atoms with Gasteiger partial charge in [0.25, 0.3) is 0 Å². The summed E-state index contributed by atoms with van der Waals surface area (Å²) in [5.74, 6) is -0.159. The van der Waals surface area contributed by atoms with Gasteiger partial charge in [0.05, 0.1) is 6.61 Å². The molecule has 0 bridgehead atoms. The van der Waals surface area contributed by atoms with Crippen molar-refractivity contribution in [1.82, 2.24) is 0 Å². The number of hydrogen-bond donors (Lipinski definition) is 0. The summed E-state index contributed by atoms with van der Waals surface area (Å²) in [5.41, 5.74) is 2.67. The van der Waals surface area contributed by atoms with Crippen LogP contribution in [0, 0.1) is 0 Å². The van der Waals surface area contributed by atoms with Crippen LogP contribution in [0.1, 0.15) is 78.4 Å². The van der Waals surface area contributed by atoms with Crippen molar-refractivity contribution in [1.29, 1.82) is 0 Å². The van der Waals surface area contributed by atoms with Crippen molar-refractivity contribution in [2.24, 2.45) is 0 Å². The van der Waals surface area contributed by atoms with Crippen LogP contribution in [0.4, 0.5) is 0 Å². The molecule has 0 unspecified atom stereocenters. The highest BCUT2D eigenvalue weighted by atomic mass is 16.5. The third-order valence-corrected chi connectivity index (χ3v) is 5.04. The summed E-state index contributed by atoms with van der Waals surface area (Å²) >= 11 is 0. The molecule has 0 fully saturated rings. The summed E-state index contributed by atoms with van der Waals surface area (Å²) in [6.45, 7) is 13.7. The van der Waals surface area contributed by atoms with Gasteiger partial charge in [-0.05, 0) is 48.1 Å². The van der Waals surface area contributed by atoms with Crippen molar-refractivity contribution >= 4 is 5.97 Å². The van der Waals surface area contributed by atoms with Crippen molar-refractivity contribution in [3.63, 3.8) is 0 Å². The summed E-state index contributed by atoms with van der Waals surface area (Å²) in [5, 5.41) is 10.5. The van der Waals surface area contributed by atoms with Gasteiger partial charge in [0, 0.05) is 11.5 Å². The van der Waals surface area contributed by atoms with E-state index in [0.717, 1.165) is 18.6 Å². The van der Waals surface area contributed by atoms with Crippen LogP contribution in [0.3, 0.4) is 0 Å². The lowest BCUT2D eigenvalue weighted by molar-refractivity contribution is -0.305. The Morgan fingerprint density at radius 2 is 1.70 bits per heavy atom. The van der Waals surface area contributed by atoms with Crippen molar-refractivity contribution in [3.05, 3.63) is 29.3 Å². The largest absolute Gasteiger partial charge is 0.550 e. The number of carboxylic acid groups (broad SMARTS) is 1. The number of rotatable bonds is 9. The molecule has 23 heavy (non-hydrogen) atoms. The van der Waals surface area contributed by atoms with Gasteiger partial charge in [-0.1, -0.05) is 53.7 Å². The highest BCUT2D eigenvalue weighted by Gasteiger charge is 2.26. The SMILES string of the molecule is CCC(C)(C)c1ccc(OCCCC(=O)[O-])c(C(C)(C)CC)c1. The van der Waals surface area contributed by atoms with E-state index in [2.05, 4.69) is 53.7 Å². The van der Waals surface area contributed by atoms with Gasteiger partial charge >= 0.3 is 0 Å². The fourth-order valence-corrected chi connectivity index (χ4v) is 2.40. The standard InChI is InChI=1S/C20H32O3/c1-7-19(3,4)15-11-12-17(23-13-9-10-18(21)22)16(14-15)20(5,6)8-2/h11-12,14H,7-10,13H2,1-6H3,(H,21,22)/p-1. The second-order valence-corrected chi connectivity index (χ2v) is 7.51. The summed E-state index contributed by atoms with van der Waals surface area (Å²) in [4.78, 5) is 10.5. The Hall–Kier alpha value is -1.51. The summed E-state index contributed by atoms with van der Waals surface area (Å²) in [6, 6.07) is 6.44. The fraction of sp³-hybridized carbons (Fsp3) is 0.650. The number of hydrogen-bond acceptors (Lipinski definition) is 3. The predicted octanol–water partition coefficient (Wildman–Crippen LogP) is 3.97. The minimum absolute atomic E-state index is 0.0174. The topological polar surface area (TPSA) is 49.4 Å². The quantitative estimate of drug-likeness (QED) is 0.647. The lowest BCUT2D eigenvalue weighted by Crippen LogP contribution is -2.23. The molecule has 130 valence electrons. The zero-order valence-corrected chi connectivity index (χ0v) is 15.5. The van der Waals surface area contributed by atoms with E-state index < -0.39 is 5.97 Å². The highest BCUT2D eigenvalue weighted by molar-refractivity contribution is 5.64. The van der Waals surface area contributed by atoms with Gasteiger partial charge in [-0.25, -0.2) is 0 Å². The van der Waals surface area contributed by atoms with Crippen molar-refractivity contribution in [2.75, 3.05) is 6.61 Å². The number of carbonyl (C=O) groups excluding carboxylic acids is 1. The van der Waals surface area contributed by atoms with E-state index in [4.69, 9.17) is 4.74 Å². The molecule has 0 aliphatic heterocycles. The Morgan fingerprint density at radius 3 is 2.22 bits per heavy atom. The van der Waals surface area contributed by atoms with Crippen molar-refractivity contribution < 1.29 is 14.6 Å². The molecule has 1 rings (SSSR count). The molecule has 3 heteroatoms. The van der Waals surface area contributed by atoms with Gasteiger partial charge in [-0.15, -0.1) is 0 Å². The first-order valence-electron chi connectivity index (χ1n) is 8.61. The maximum absolute atomic E-state index is 10.5. The minimum atomic E-state index is -1.03. The number of aliphatic carboxylic acids is 1. The molecule has 1 aromatic rings. The Labute approximate surface area is 141 Å². The molecule has 0 spiro atoms. The number of ether oxygens (including phenoxy) is 1. The number of benzene rings is 1. The first kappa shape index (κ1) is 19.5. The van der Waals surface area contributed by atoms with Crippen LogP contribution in [0.2, 0.25) is 0 Å². The second-order valence-electron chi connectivity index (χ2n) is 7.51. The maximum Gasteiger partial charge on any atom is 0.123 e. The van der Waals surface area contributed by atoms with Crippen LogP contribution in [0.25, 0.3) is 0 Å². The Kier molecular flexibility index (Phi) is 6.67. The molecule has 3 nitrogen and oxygen atoms in total. The summed E-state index contributed by atoms with van der Waals surface area (Å²) < 4.78 is 5.89. The Balaban J connectivity index is 3.07. The maximum atomic E-state index is 10.5. The lowest BCUT2D eigenvalue weighted by atomic mass is 9.76. The van der Waals surface area contributed by atoms with E-state index in [9.17, 15) is 9.90 Å². The Bertz CT molecular complexity index is 530. The first-order valence-corrected chi connectivity index (χ1v) is 8.61. The molecule has 0 amide bonds. The molecule has 0 N–H and O–H groups in total. The average Bonchev–Trinajstić information content (AvgIpc) is 2.51. The number of carboxylic acids is 1. The molecule has 0 aliphatic carbocycles. The summed E-state index contributed by atoms with van der Waals surface area (Å²) in [6.07, 6.45) is 2.59. The van der Waals surface area contributed by atoms with Gasteiger partial charge in [0.15, 0.2) is 0 Å². The van der Waals surface area contributed by atoms with Crippen LogP contribution in [0.5, 0.6) is 5.75 Å². The van der Waals surface area contributed by atoms with Gasteiger partial charge in [-0.3, -0.25) is 0 Å². The van der Waals surface area contributed by atoms with E-state index >= 15 is 0 Å². The van der Waals surface area contributed by atoms with E-state index in [1.165, 1.54) is 11.1 Å². The molecular formula is C20H31O3-. The van der Waals surface area contributed by atoms with E-state index in [-0.39, 0.29) is 17.3 Å². The average molecular weight is 319 g/mol. The normalized spacial score (nSPS) is 12.3. The first-order chi connectivity index (χ1) is 10.6. The van der Waals surface area contributed by atoms with Gasteiger partial charge < -0.3 is 14.6 Å². The summed E-state index contributed by atoms with van der Waals surface area (Å²) in [7, 11) is 0. The van der Waals surface area contributed by atoms with E-state index in [0.29, 0.717) is 13.0 Å². The van der Waals surface area contributed by atoms with Crippen molar-refractivity contribution in [3.8, 4) is 5.75 Å². The molecule has 0 heterocycles. The monoisotopic (exact) mass is 319 g/mol. The smallest absolute Gasteiger partial charge is 0.123 e. The van der Waals surface area contributed by atoms with Crippen LogP contribution < -0.4 is 9.84 Å². The predicted molar refractivity (Wildman–Crippen MR) is 92.8 cm³/mol. The Morgan fingerprint density at radius 1 is 1.09 bits per heavy atom. The van der Waals surface area contributed by atoms with Crippen LogP contribution >= 0.6 is 0 Å². The van der Waals surface area contributed by atoms with E-state index in [1.54, 1.807) is 0 Å². The molecule has 1 aromatic carbocycles. The third kappa shape index (κ3) is 5.26. The molecule has 0 aliphatic rings. The van der Waals surface area contributed by atoms with Gasteiger partial charge in [-0.2, -0.15) is 0 Å². The lowest BCUT2D eigenvalue weighted by Gasteiger charge is -2.30. The molecule has 0 saturated heterocycles. The van der Waals surface area contributed by atoms with E-state index in [1.807, 2.05) is 6.07 Å². The fourth-order valence-electron chi connectivity index (χ4n) is 2.40. The minimum Gasteiger partial charge on any atom is -0.550 e. The van der Waals surface area contributed by atoms with Crippen LogP contribution in [-0.2, 0) is 15.6 Å². The van der Waals surface area contributed by atoms with Gasteiger partial charge in [0.1, 0.15) is 5.75 Å². The molecule has 0 atom stereocenters. The zero-order valence-electron chi connectivity index (χ0n) is 15.5. The zero-order chi connectivity index (χ0) is 17.7. The third-order valence-electron chi connectivity index (χ3n) is 5.04.